The molecular weight excluding hydrogens is 320 g/mol. The minimum Gasteiger partial charge on any atom is -0.423 e. The van der Waals surface area contributed by atoms with E-state index in [0.717, 1.165) is 11.1 Å². The Bertz CT molecular complexity index is 881. The highest BCUT2D eigenvalue weighted by atomic mass is 16.5. The lowest BCUT2D eigenvalue weighted by Crippen LogP contribution is -2.12. The molecule has 0 fully saturated rings. The Balaban J connectivity index is 1.70. The van der Waals surface area contributed by atoms with Crippen LogP contribution in [0.15, 0.2) is 72.8 Å². The standard InChI is InChI=1S/C24H24O2/c1-17-5-7-18(8-6-17)19-11-15-22(16-12-19)26-23(25)20-9-13-21(14-10-20)24(2,3)4/h5-16H,1-4H3. The summed E-state index contributed by atoms with van der Waals surface area (Å²) in [5.41, 5.74) is 5.29. The molecule has 0 heterocycles. The van der Waals surface area contributed by atoms with Crippen LogP contribution < -0.4 is 4.74 Å². The van der Waals surface area contributed by atoms with Gasteiger partial charge < -0.3 is 4.74 Å². The van der Waals surface area contributed by atoms with E-state index < -0.39 is 0 Å². The first kappa shape index (κ1) is 17.9. The number of carbonyl (C=O) groups excluding carboxylic acids is 1. The molecule has 0 bridgehead atoms. The van der Waals surface area contributed by atoms with E-state index in [-0.39, 0.29) is 11.4 Å². The van der Waals surface area contributed by atoms with Gasteiger partial charge in [0.25, 0.3) is 0 Å². The fourth-order valence-corrected chi connectivity index (χ4v) is 2.73. The van der Waals surface area contributed by atoms with E-state index in [0.29, 0.717) is 11.3 Å². The van der Waals surface area contributed by atoms with Gasteiger partial charge in [-0.1, -0.05) is 74.9 Å². The summed E-state index contributed by atoms with van der Waals surface area (Å²) in [6.45, 7) is 8.52. The Labute approximate surface area is 155 Å². The van der Waals surface area contributed by atoms with E-state index in [1.807, 2.05) is 48.5 Å². The molecule has 2 heteroatoms. The summed E-state index contributed by atoms with van der Waals surface area (Å²) in [4.78, 5) is 12.3. The number of ether oxygens (including phenoxy) is 1. The molecule has 0 spiro atoms. The largest absolute Gasteiger partial charge is 0.423 e. The third kappa shape index (κ3) is 4.20. The first-order valence-electron chi connectivity index (χ1n) is 8.83. The third-order valence-electron chi connectivity index (χ3n) is 4.44. The fraction of sp³-hybridized carbons (Fsp3) is 0.208. The summed E-state index contributed by atoms with van der Waals surface area (Å²) in [7, 11) is 0. The topological polar surface area (TPSA) is 26.3 Å². The van der Waals surface area contributed by atoms with Gasteiger partial charge >= 0.3 is 5.97 Å². The van der Waals surface area contributed by atoms with Crippen molar-refractivity contribution in [2.75, 3.05) is 0 Å². The van der Waals surface area contributed by atoms with Crippen molar-refractivity contribution in [2.45, 2.75) is 33.1 Å². The lowest BCUT2D eigenvalue weighted by atomic mass is 9.87. The van der Waals surface area contributed by atoms with E-state index in [2.05, 4.69) is 52.0 Å². The van der Waals surface area contributed by atoms with Crippen LogP contribution in [0, 0.1) is 6.92 Å². The van der Waals surface area contributed by atoms with E-state index in [1.165, 1.54) is 11.1 Å². The SMILES string of the molecule is Cc1ccc(-c2ccc(OC(=O)c3ccc(C(C)(C)C)cc3)cc2)cc1. The Kier molecular flexibility index (Phi) is 4.94. The van der Waals surface area contributed by atoms with Crippen LogP contribution in [0.3, 0.4) is 0 Å². The van der Waals surface area contributed by atoms with E-state index in [9.17, 15) is 4.79 Å². The van der Waals surface area contributed by atoms with E-state index in [1.54, 1.807) is 0 Å². The summed E-state index contributed by atoms with van der Waals surface area (Å²) in [6.07, 6.45) is 0. The number of esters is 1. The highest BCUT2D eigenvalue weighted by molar-refractivity contribution is 5.91. The maximum absolute atomic E-state index is 12.3. The summed E-state index contributed by atoms with van der Waals surface area (Å²) < 4.78 is 5.50. The van der Waals surface area contributed by atoms with Crippen LogP contribution in [0.1, 0.15) is 42.3 Å². The van der Waals surface area contributed by atoms with Gasteiger partial charge in [-0.2, -0.15) is 0 Å². The molecule has 3 rings (SSSR count). The van der Waals surface area contributed by atoms with Crippen LogP contribution in [0.2, 0.25) is 0 Å². The van der Waals surface area contributed by atoms with Crippen molar-refractivity contribution in [2.24, 2.45) is 0 Å². The predicted molar refractivity (Wildman–Crippen MR) is 107 cm³/mol. The molecule has 3 aromatic rings. The molecule has 0 saturated carbocycles. The van der Waals surface area contributed by atoms with Crippen LogP contribution in [-0.2, 0) is 5.41 Å². The number of carbonyl (C=O) groups is 1. The zero-order valence-corrected chi connectivity index (χ0v) is 15.7. The molecule has 3 aromatic carbocycles. The normalized spacial score (nSPS) is 11.2. The van der Waals surface area contributed by atoms with Gasteiger partial charge in [-0.15, -0.1) is 0 Å². The zero-order chi connectivity index (χ0) is 18.7. The first-order chi connectivity index (χ1) is 12.3. The van der Waals surface area contributed by atoms with Crippen molar-refractivity contribution in [3.05, 3.63) is 89.5 Å². The molecule has 0 unspecified atom stereocenters. The second kappa shape index (κ2) is 7.17. The summed E-state index contributed by atoms with van der Waals surface area (Å²) >= 11 is 0. The van der Waals surface area contributed by atoms with Crippen molar-refractivity contribution in [3.63, 3.8) is 0 Å². The van der Waals surface area contributed by atoms with Gasteiger partial charge in [-0.05, 0) is 53.3 Å². The maximum atomic E-state index is 12.3. The van der Waals surface area contributed by atoms with Crippen LogP contribution >= 0.6 is 0 Å². The molecule has 0 amide bonds. The molecule has 0 radical (unpaired) electrons. The lowest BCUT2D eigenvalue weighted by molar-refractivity contribution is 0.0734. The first-order valence-corrected chi connectivity index (χ1v) is 8.83. The summed E-state index contributed by atoms with van der Waals surface area (Å²) in [5, 5.41) is 0. The minimum atomic E-state index is -0.339. The number of rotatable bonds is 3. The molecule has 0 aliphatic heterocycles. The smallest absolute Gasteiger partial charge is 0.343 e. The van der Waals surface area contributed by atoms with Gasteiger partial charge in [0, 0.05) is 0 Å². The quantitative estimate of drug-likeness (QED) is 0.419. The van der Waals surface area contributed by atoms with Gasteiger partial charge in [0.15, 0.2) is 0 Å². The van der Waals surface area contributed by atoms with Crippen molar-refractivity contribution in [1.29, 1.82) is 0 Å². The van der Waals surface area contributed by atoms with Crippen molar-refractivity contribution in [1.82, 2.24) is 0 Å². The van der Waals surface area contributed by atoms with E-state index >= 15 is 0 Å². The Morgan fingerprint density at radius 1 is 0.731 bits per heavy atom. The van der Waals surface area contributed by atoms with Crippen LogP contribution in [0.4, 0.5) is 0 Å². The van der Waals surface area contributed by atoms with Crippen molar-refractivity contribution >= 4 is 5.97 Å². The highest BCUT2D eigenvalue weighted by Crippen LogP contribution is 2.24. The van der Waals surface area contributed by atoms with Crippen LogP contribution in [-0.4, -0.2) is 5.97 Å². The van der Waals surface area contributed by atoms with Gasteiger partial charge in [0.2, 0.25) is 0 Å². The molecule has 0 aromatic heterocycles. The number of aryl methyl sites for hydroxylation is 1. The van der Waals surface area contributed by atoms with Gasteiger partial charge in [0.05, 0.1) is 5.56 Å². The van der Waals surface area contributed by atoms with Crippen LogP contribution in [0.5, 0.6) is 5.75 Å². The molecule has 0 N–H and O–H groups in total. The second-order valence-electron chi connectivity index (χ2n) is 7.61. The van der Waals surface area contributed by atoms with Crippen LogP contribution in [0.25, 0.3) is 11.1 Å². The van der Waals surface area contributed by atoms with E-state index in [4.69, 9.17) is 4.74 Å². The van der Waals surface area contributed by atoms with Gasteiger partial charge in [-0.3, -0.25) is 0 Å². The maximum Gasteiger partial charge on any atom is 0.343 e. The zero-order valence-electron chi connectivity index (χ0n) is 15.7. The Morgan fingerprint density at radius 2 is 1.23 bits per heavy atom. The summed E-state index contributed by atoms with van der Waals surface area (Å²) in [5.74, 6) is 0.208. The minimum absolute atomic E-state index is 0.0637. The Hall–Kier alpha value is -2.87. The molecule has 132 valence electrons. The number of benzene rings is 3. The predicted octanol–water partition coefficient (Wildman–Crippen LogP) is 6.18. The number of hydrogen-bond donors (Lipinski definition) is 0. The third-order valence-corrected chi connectivity index (χ3v) is 4.44. The number of hydrogen-bond acceptors (Lipinski definition) is 2. The molecule has 0 atom stereocenters. The lowest BCUT2D eigenvalue weighted by Gasteiger charge is -2.18. The molecule has 0 aliphatic carbocycles. The van der Waals surface area contributed by atoms with Crippen molar-refractivity contribution < 1.29 is 9.53 Å². The fourth-order valence-electron chi connectivity index (χ4n) is 2.73. The summed E-state index contributed by atoms with van der Waals surface area (Å²) in [6, 6.07) is 23.6. The average Bonchev–Trinajstić information content (AvgIpc) is 2.62. The highest BCUT2D eigenvalue weighted by Gasteiger charge is 2.15. The molecular formula is C24H24O2. The van der Waals surface area contributed by atoms with Crippen molar-refractivity contribution in [3.8, 4) is 16.9 Å². The molecule has 0 saturated heterocycles. The molecule has 2 nitrogen and oxygen atoms in total. The van der Waals surface area contributed by atoms with Gasteiger partial charge in [-0.25, -0.2) is 4.79 Å². The second-order valence-corrected chi connectivity index (χ2v) is 7.61. The monoisotopic (exact) mass is 344 g/mol. The van der Waals surface area contributed by atoms with Gasteiger partial charge in [0.1, 0.15) is 5.75 Å². The molecule has 26 heavy (non-hydrogen) atoms. The average molecular weight is 344 g/mol. The Morgan fingerprint density at radius 3 is 1.73 bits per heavy atom. The molecule has 0 aliphatic rings.